The lowest BCUT2D eigenvalue weighted by molar-refractivity contribution is -0.141. The Morgan fingerprint density at radius 3 is 2.69 bits per heavy atom. The van der Waals surface area contributed by atoms with E-state index >= 15 is 0 Å². The SMILES string of the molecule is CCOC(=O)C/C(=C\C#N)c1ccccc1. The molecule has 0 aromatic heterocycles. The van der Waals surface area contributed by atoms with Gasteiger partial charge < -0.3 is 4.74 Å². The molecule has 0 bridgehead atoms. The molecule has 0 radical (unpaired) electrons. The van der Waals surface area contributed by atoms with Gasteiger partial charge in [-0.25, -0.2) is 0 Å². The van der Waals surface area contributed by atoms with Crippen LogP contribution in [0.25, 0.3) is 5.57 Å². The van der Waals surface area contributed by atoms with Crippen molar-refractivity contribution in [3.63, 3.8) is 0 Å². The Balaban J connectivity index is 2.83. The van der Waals surface area contributed by atoms with Crippen LogP contribution < -0.4 is 0 Å². The second-order valence-electron chi connectivity index (χ2n) is 3.15. The monoisotopic (exact) mass is 215 g/mol. The molecule has 0 heterocycles. The number of esters is 1. The Labute approximate surface area is 95.0 Å². The van der Waals surface area contributed by atoms with Gasteiger partial charge in [0.1, 0.15) is 0 Å². The van der Waals surface area contributed by atoms with E-state index < -0.39 is 0 Å². The van der Waals surface area contributed by atoms with Crippen LogP contribution in [0.15, 0.2) is 36.4 Å². The number of ether oxygens (including phenoxy) is 1. The van der Waals surface area contributed by atoms with E-state index in [0.717, 1.165) is 5.56 Å². The Morgan fingerprint density at radius 1 is 1.44 bits per heavy atom. The third kappa shape index (κ3) is 3.58. The molecule has 0 N–H and O–H groups in total. The summed E-state index contributed by atoms with van der Waals surface area (Å²) in [6, 6.07) is 11.3. The maximum atomic E-state index is 11.3. The minimum atomic E-state index is -0.312. The van der Waals surface area contributed by atoms with Crippen LogP contribution in [-0.2, 0) is 9.53 Å². The Morgan fingerprint density at radius 2 is 2.12 bits per heavy atom. The van der Waals surface area contributed by atoms with Crippen molar-refractivity contribution in [2.24, 2.45) is 0 Å². The molecule has 3 nitrogen and oxygen atoms in total. The fourth-order valence-corrected chi connectivity index (χ4v) is 1.33. The minimum absolute atomic E-state index is 0.130. The van der Waals surface area contributed by atoms with E-state index in [-0.39, 0.29) is 12.4 Å². The molecule has 0 saturated carbocycles. The first kappa shape index (κ1) is 12.0. The fourth-order valence-electron chi connectivity index (χ4n) is 1.33. The summed E-state index contributed by atoms with van der Waals surface area (Å²) in [5.74, 6) is -0.312. The van der Waals surface area contributed by atoms with Gasteiger partial charge in [0.2, 0.25) is 0 Å². The second kappa shape index (κ2) is 6.41. The zero-order valence-electron chi connectivity index (χ0n) is 9.14. The molecule has 82 valence electrons. The molecule has 0 saturated heterocycles. The Hall–Kier alpha value is -2.08. The van der Waals surface area contributed by atoms with Crippen LogP contribution in [0.1, 0.15) is 18.9 Å². The lowest BCUT2D eigenvalue weighted by Crippen LogP contribution is -2.04. The molecule has 0 atom stereocenters. The average Bonchev–Trinajstić information content (AvgIpc) is 2.30. The summed E-state index contributed by atoms with van der Waals surface area (Å²) >= 11 is 0. The van der Waals surface area contributed by atoms with Gasteiger partial charge >= 0.3 is 5.97 Å². The second-order valence-corrected chi connectivity index (χ2v) is 3.15. The third-order valence-corrected chi connectivity index (χ3v) is 2.02. The highest BCUT2D eigenvalue weighted by atomic mass is 16.5. The zero-order valence-corrected chi connectivity index (χ0v) is 9.14. The minimum Gasteiger partial charge on any atom is -0.466 e. The van der Waals surface area contributed by atoms with Crippen molar-refractivity contribution in [3.8, 4) is 6.07 Å². The topological polar surface area (TPSA) is 50.1 Å². The molecular weight excluding hydrogens is 202 g/mol. The van der Waals surface area contributed by atoms with Crippen LogP contribution in [-0.4, -0.2) is 12.6 Å². The largest absolute Gasteiger partial charge is 0.466 e. The maximum absolute atomic E-state index is 11.3. The van der Waals surface area contributed by atoms with Gasteiger partial charge in [-0.2, -0.15) is 5.26 Å². The van der Waals surface area contributed by atoms with Crippen LogP contribution in [0.5, 0.6) is 0 Å². The number of carbonyl (C=O) groups is 1. The van der Waals surface area contributed by atoms with Crippen LogP contribution in [0.2, 0.25) is 0 Å². The molecule has 0 spiro atoms. The van der Waals surface area contributed by atoms with Gasteiger partial charge in [0.05, 0.1) is 19.1 Å². The average molecular weight is 215 g/mol. The van der Waals surface area contributed by atoms with Crippen LogP contribution in [0.4, 0.5) is 0 Å². The van der Waals surface area contributed by atoms with Gasteiger partial charge in [0.25, 0.3) is 0 Å². The molecule has 1 aromatic rings. The van der Waals surface area contributed by atoms with E-state index in [1.54, 1.807) is 6.92 Å². The first-order valence-electron chi connectivity index (χ1n) is 5.07. The summed E-state index contributed by atoms with van der Waals surface area (Å²) in [6.45, 7) is 2.11. The molecule has 16 heavy (non-hydrogen) atoms. The van der Waals surface area contributed by atoms with Gasteiger partial charge in [-0.1, -0.05) is 30.3 Å². The normalized spacial score (nSPS) is 10.6. The zero-order chi connectivity index (χ0) is 11.8. The quantitative estimate of drug-likeness (QED) is 0.573. The van der Waals surface area contributed by atoms with E-state index in [1.807, 2.05) is 36.4 Å². The highest BCUT2D eigenvalue weighted by Gasteiger charge is 2.08. The smallest absolute Gasteiger partial charge is 0.310 e. The van der Waals surface area contributed by atoms with Crippen LogP contribution in [0.3, 0.4) is 0 Å². The lowest BCUT2D eigenvalue weighted by atomic mass is 10.0. The van der Waals surface area contributed by atoms with E-state index in [2.05, 4.69) is 0 Å². The van der Waals surface area contributed by atoms with E-state index in [0.29, 0.717) is 12.2 Å². The third-order valence-electron chi connectivity index (χ3n) is 2.02. The van der Waals surface area contributed by atoms with Crippen molar-refractivity contribution in [2.75, 3.05) is 6.61 Å². The highest BCUT2D eigenvalue weighted by Crippen LogP contribution is 2.18. The van der Waals surface area contributed by atoms with Gasteiger partial charge in [-0.05, 0) is 18.1 Å². The van der Waals surface area contributed by atoms with Crippen molar-refractivity contribution in [3.05, 3.63) is 42.0 Å². The summed E-state index contributed by atoms with van der Waals surface area (Å²) in [7, 11) is 0. The summed E-state index contributed by atoms with van der Waals surface area (Å²) in [4.78, 5) is 11.3. The number of nitrogens with zero attached hydrogens (tertiary/aromatic N) is 1. The first-order chi connectivity index (χ1) is 7.77. The molecular formula is C13H13NO2. The first-order valence-corrected chi connectivity index (χ1v) is 5.07. The van der Waals surface area contributed by atoms with Gasteiger partial charge in [-0.15, -0.1) is 0 Å². The molecule has 0 aliphatic carbocycles. The molecule has 1 rings (SSSR count). The summed E-state index contributed by atoms with van der Waals surface area (Å²) in [5, 5.41) is 8.66. The van der Waals surface area contributed by atoms with Crippen molar-refractivity contribution in [2.45, 2.75) is 13.3 Å². The molecule has 0 unspecified atom stereocenters. The number of hydrogen-bond donors (Lipinski definition) is 0. The van der Waals surface area contributed by atoms with Crippen LogP contribution in [0, 0.1) is 11.3 Å². The van der Waals surface area contributed by atoms with E-state index in [9.17, 15) is 4.79 Å². The predicted molar refractivity (Wildman–Crippen MR) is 61.3 cm³/mol. The Bertz CT molecular complexity index is 415. The fraction of sp³-hybridized carbons (Fsp3) is 0.231. The highest BCUT2D eigenvalue weighted by molar-refractivity contribution is 5.85. The summed E-state index contributed by atoms with van der Waals surface area (Å²) in [5.41, 5.74) is 1.55. The van der Waals surface area contributed by atoms with Crippen molar-refractivity contribution < 1.29 is 9.53 Å². The maximum Gasteiger partial charge on any atom is 0.310 e. The molecule has 3 heteroatoms. The summed E-state index contributed by atoms with van der Waals surface area (Å²) in [6.07, 6.45) is 1.51. The number of hydrogen-bond acceptors (Lipinski definition) is 3. The lowest BCUT2D eigenvalue weighted by Gasteiger charge is -2.05. The van der Waals surface area contributed by atoms with Gasteiger partial charge in [0.15, 0.2) is 0 Å². The van der Waals surface area contributed by atoms with Gasteiger partial charge in [0, 0.05) is 6.08 Å². The van der Waals surface area contributed by atoms with Crippen molar-refractivity contribution in [1.82, 2.24) is 0 Å². The van der Waals surface area contributed by atoms with Gasteiger partial charge in [-0.3, -0.25) is 4.79 Å². The van der Waals surface area contributed by atoms with Crippen molar-refractivity contribution in [1.29, 1.82) is 5.26 Å². The number of carbonyl (C=O) groups excluding carboxylic acids is 1. The molecule has 0 aliphatic rings. The number of rotatable bonds is 4. The molecule has 0 amide bonds. The Kier molecular flexibility index (Phi) is 4.81. The number of benzene rings is 1. The van der Waals surface area contributed by atoms with Crippen LogP contribution >= 0.6 is 0 Å². The summed E-state index contributed by atoms with van der Waals surface area (Å²) < 4.78 is 4.85. The standard InChI is InChI=1S/C13H13NO2/c1-2-16-13(15)10-12(8-9-14)11-6-4-3-5-7-11/h3-8H,2,10H2,1H3/b12-8+. The molecule has 0 fully saturated rings. The van der Waals surface area contributed by atoms with E-state index in [1.165, 1.54) is 6.08 Å². The predicted octanol–water partition coefficient (Wildman–Crippen LogP) is 2.55. The molecule has 0 aliphatic heterocycles. The number of nitriles is 1. The van der Waals surface area contributed by atoms with Crippen molar-refractivity contribution >= 4 is 11.5 Å². The number of allylic oxidation sites excluding steroid dienone is 1. The van der Waals surface area contributed by atoms with E-state index in [4.69, 9.17) is 10.00 Å². The molecule has 1 aromatic carbocycles.